The van der Waals surface area contributed by atoms with E-state index in [0.717, 1.165) is 64.6 Å². The van der Waals surface area contributed by atoms with Gasteiger partial charge in [0, 0.05) is 33.4 Å². The number of methoxy groups -OCH3 is 1. The summed E-state index contributed by atoms with van der Waals surface area (Å²) in [7, 11) is 1.76. The largest absolute Gasteiger partial charge is 0.385 e. The number of unbranched alkanes of at least 4 members (excludes halogenated alkanes) is 2. The third-order valence-corrected chi connectivity index (χ3v) is 4.74. The SMILES string of the molecule is CCNC(=NCCCCCOC)N1CCOC(c2ccc(C)cc2C)C1.I. The molecule has 0 radical (unpaired) electrons. The third kappa shape index (κ3) is 7.95. The van der Waals surface area contributed by atoms with E-state index >= 15 is 0 Å². The van der Waals surface area contributed by atoms with Crippen LogP contribution in [-0.2, 0) is 9.47 Å². The van der Waals surface area contributed by atoms with Gasteiger partial charge in [-0.15, -0.1) is 24.0 Å². The molecule has 1 heterocycles. The zero-order chi connectivity index (χ0) is 18.8. The van der Waals surface area contributed by atoms with E-state index in [-0.39, 0.29) is 30.1 Å². The van der Waals surface area contributed by atoms with Crippen LogP contribution in [0, 0.1) is 13.8 Å². The summed E-state index contributed by atoms with van der Waals surface area (Å²) in [6.45, 7) is 11.5. The first-order valence-corrected chi connectivity index (χ1v) is 9.86. The maximum Gasteiger partial charge on any atom is 0.194 e. The second-order valence-electron chi connectivity index (χ2n) is 6.95. The van der Waals surface area contributed by atoms with E-state index in [0.29, 0.717) is 0 Å². The number of benzene rings is 1. The molecule has 0 aliphatic carbocycles. The van der Waals surface area contributed by atoms with Crippen molar-refractivity contribution in [3.63, 3.8) is 0 Å². The first-order valence-electron chi connectivity index (χ1n) is 9.86. The van der Waals surface area contributed by atoms with Gasteiger partial charge in [0.2, 0.25) is 0 Å². The Labute approximate surface area is 181 Å². The molecule has 1 unspecified atom stereocenters. The maximum absolute atomic E-state index is 6.07. The zero-order valence-electron chi connectivity index (χ0n) is 17.3. The van der Waals surface area contributed by atoms with Gasteiger partial charge < -0.3 is 19.7 Å². The fourth-order valence-electron chi connectivity index (χ4n) is 3.36. The van der Waals surface area contributed by atoms with Gasteiger partial charge in [0.25, 0.3) is 0 Å². The number of ether oxygens (including phenoxy) is 2. The smallest absolute Gasteiger partial charge is 0.194 e. The van der Waals surface area contributed by atoms with Crippen LogP contribution in [0.2, 0.25) is 0 Å². The van der Waals surface area contributed by atoms with Gasteiger partial charge in [-0.05, 0) is 51.2 Å². The molecule has 1 aliphatic rings. The van der Waals surface area contributed by atoms with E-state index < -0.39 is 0 Å². The minimum atomic E-state index is 0. The Hall–Kier alpha value is -0.860. The van der Waals surface area contributed by atoms with E-state index in [1.54, 1.807) is 7.11 Å². The molecule has 27 heavy (non-hydrogen) atoms. The first kappa shape index (κ1) is 24.2. The van der Waals surface area contributed by atoms with E-state index in [4.69, 9.17) is 14.5 Å². The number of aryl methyl sites for hydroxylation is 2. The summed E-state index contributed by atoms with van der Waals surface area (Å²) in [6.07, 6.45) is 3.47. The molecular weight excluding hydrogens is 453 g/mol. The highest BCUT2D eigenvalue weighted by Gasteiger charge is 2.25. The van der Waals surface area contributed by atoms with Crippen LogP contribution >= 0.6 is 24.0 Å². The Morgan fingerprint density at radius 1 is 1.30 bits per heavy atom. The van der Waals surface area contributed by atoms with Gasteiger partial charge in [-0.1, -0.05) is 23.8 Å². The lowest BCUT2D eigenvalue weighted by molar-refractivity contribution is -0.00833. The number of hydrogen-bond donors (Lipinski definition) is 1. The molecule has 0 amide bonds. The van der Waals surface area contributed by atoms with Crippen molar-refractivity contribution in [2.24, 2.45) is 4.99 Å². The molecule has 0 spiro atoms. The second kappa shape index (κ2) is 13.3. The number of morpholine rings is 1. The molecule has 0 saturated carbocycles. The van der Waals surface area contributed by atoms with Crippen LogP contribution in [0.1, 0.15) is 49.0 Å². The van der Waals surface area contributed by atoms with Crippen LogP contribution in [0.25, 0.3) is 0 Å². The van der Waals surface area contributed by atoms with Crippen LogP contribution in [0.5, 0.6) is 0 Å². The lowest BCUT2D eigenvalue weighted by Crippen LogP contribution is -2.48. The zero-order valence-corrected chi connectivity index (χ0v) is 19.6. The predicted octanol–water partition coefficient (Wildman–Crippen LogP) is 4.08. The predicted molar refractivity (Wildman–Crippen MR) is 123 cm³/mol. The summed E-state index contributed by atoms with van der Waals surface area (Å²) < 4.78 is 11.2. The van der Waals surface area contributed by atoms with Crippen molar-refractivity contribution in [1.29, 1.82) is 0 Å². The lowest BCUT2D eigenvalue weighted by atomic mass is 10.00. The van der Waals surface area contributed by atoms with E-state index in [2.05, 4.69) is 49.2 Å². The normalized spacial score (nSPS) is 17.6. The highest BCUT2D eigenvalue weighted by molar-refractivity contribution is 14.0. The number of rotatable bonds is 8. The summed E-state index contributed by atoms with van der Waals surface area (Å²) in [5, 5.41) is 3.45. The summed E-state index contributed by atoms with van der Waals surface area (Å²) in [5.74, 6) is 1.01. The molecule has 2 rings (SSSR count). The van der Waals surface area contributed by atoms with Crippen molar-refractivity contribution in [3.05, 3.63) is 34.9 Å². The molecule has 154 valence electrons. The summed E-state index contributed by atoms with van der Waals surface area (Å²) >= 11 is 0. The molecule has 1 N–H and O–H groups in total. The van der Waals surface area contributed by atoms with Gasteiger partial charge in [0.05, 0.1) is 13.2 Å². The molecular formula is C21H36IN3O2. The molecule has 6 heteroatoms. The molecule has 1 atom stereocenters. The molecule has 5 nitrogen and oxygen atoms in total. The topological polar surface area (TPSA) is 46.1 Å². The number of nitrogens with one attached hydrogen (secondary N) is 1. The minimum absolute atomic E-state index is 0. The molecule has 1 saturated heterocycles. The van der Waals surface area contributed by atoms with Gasteiger partial charge in [0.1, 0.15) is 6.10 Å². The Morgan fingerprint density at radius 3 is 2.81 bits per heavy atom. The fourth-order valence-corrected chi connectivity index (χ4v) is 3.36. The van der Waals surface area contributed by atoms with E-state index in [1.165, 1.54) is 16.7 Å². The van der Waals surface area contributed by atoms with E-state index in [9.17, 15) is 0 Å². The van der Waals surface area contributed by atoms with Crippen LogP contribution in [0.3, 0.4) is 0 Å². The fraction of sp³-hybridized carbons (Fsp3) is 0.667. The average Bonchev–Trinajstić information content (AvgIpc) is 2.64. The van der Waals surface area contributed by atoms with Crippen molar-refractivity contribution < 1.29 is 9.47 Å². The third-order valence-electron chi connectivity index (χ3n) is 4.74. The number of aliphatic imine (C=N–C) groups is 1. The Kier molecular flexibility index (Phi) is 11.9. The molecule has 1 aromatic carbocycles. The lowest BCUT2D eigenvalue weighted by Gasteiger charge is -2.36. The molecule has 0 aromatic heterocycles. The summed E-state index contributed by atoms with van der Waals surface area (Å²) in [6, 6.07) is 6.61. The molecule has 0 bridgehead atoms. The number of halogens is 1. The van der Waals surface area contributed by atoms with Crippen LogP contribution in [-0.4, -0.2) is 57.4 Å². The van der Waals surface area contributed by atoms with Crippen molar-refractivity contribution in [2.75, 3.05) is 46.5 Å². The van der Waals surface area contributed by atoms with Gasteiger partial charge in [0.15, 0.2) is 5.96 Å². The van der Waals surface area contributed by atoms with Gasteiger partial charge in [-0.3, -0.25) is 4.99 Å². The standard InChI is InChI=1S/C21H35N3O2.HI/c1-5-22-21(23-11-7-6-8-13-25-4)24-12-14-26-20(16-24)19-10-9-17(2)15-18(19)3;/h9-10,15,20H,5-8,11-14,16H2,1-4H3,(H,22,23);1H. The number of guanidine groups is 1. The number of hydrogen-bond acceptors (Lipinski definition) is 3. The van der Waals surface area contributed by atoms with E-state index in [1.807, 2.05) is 0 Å². The van der Waals surface area contributed by atoms with Crippen LogP contribution in [0.15, 0.2) is 23.2 Å². The van der Waals surface area contributed by atoms with Gasteiger partial charge in [-0.25, -0.2) is 0 Å². The Morgan fingerprint density at radius 2 is 2.11 bits per heavy atom. The van der Waals surface area contributed by atoms with Crippen molar-refractivity contribution >= 4 is 29.9 Å². The minimum Gasteiger partial charge on any atom is -0.385 e. The second-order valence-corrected chi connectivity index (χ2v) is 6.95. The highest BCUT2D eigenvalue weighted by atomic mass is 127. The Bertz CT molecular complexity index is 581. The molecule has 1 aliphatic heterocycles. The Balaban J connectivity index is 0.00000364. The highest BCUT2D eigenvalue weighted by Crippen LogP contribution is 2.25. The first-order chi connectivity index (χ1) is 12.7. The maximum atomic E-state index is 6.07. The van der Waals surface area contributed by atoms with Crippen LogP contribution in [0.4, 0.5) is 0 Å². The van der Waals surface area contributed by atoms with Gasteiger partial charge >= 0.3 is 0 Å². The molecule has 1 fully saturated rings. The quantitative estimate of drug-likeness (QED) is 0.259. The monoisotopic (exact) mass is 489 g/mol. The average molecular weight is 489 g/mol. The number of nitrogens with zero attached hydrogens (tertiary/aromatic N) is 2. The molecule has 1 aromatic rings. The van der Waals surface area contributed by atoms with Crippen molar-refractivity contribution in [2.45, 2.75) is 46.1 Å². The van der Waals surface area contributed by atoms with Crippen molar-refractivity contribution in [3.8, 4) is 0 Å². The summed E-state index contributed by atoms with van der Waals surface area (Å²) in [5.41, 5.74) is 3.88. The van der Waals surface area contributed by atoms with Crippen molar-refractivity contribution in [1.82, 2.24) is 10.2 Å². The van der Waals surface area contributed by atoms with Crippen LogP contribution < -0.4 is 5.32 Å². The summed E-state index contributed by atoms with van der Waals surface area (Å²) in [4.78, 5) is 7.17. The van der Waals surface area contributed by atoms with Gasteiger partial charge in [-0.2, -0.15) is 0 Å².